The third-order valence-corrected chi connectivity index (χ3v) is 4.53. The Morgan fingerprint density at radius 1 is 1.50 bits per heavy atom. The molecule has 1 aliphatic heterocycles. The highest BCUT2D eigenvalue weighted by atomic mass is 127. The number of aryl methyl sites for hydroxylation is 1. The molecule has 0 N–H and O–H groups in total. The average Bonchev–Trinajstić information content (AvgIpc) is 2.25. The zero-order valence-electron chi connectivity index (χ0n) is 9.87. The molecule has 1 aromatic carbocycles. The molecule has 0 amide bonds. The molecule has 2 nitrogen and oxygen atoms in total. The Balaban J connectivity index is 2.05. The number of hydrogen-bond donors (Lipinski definition) is 0. The van der Waals surface area contributed by atoms with Crippen molar-refractivity contribution in [1.29, 1.82) is 0 Å². The van der Waals surface area contributed by atoms with Crippen LogP contribution in [0, 0.1) is 10.5 Å². The molecule has 0 spiro atoms. The van der Waals surface area contributed by atoms with E-state index in [1.165, 1.54) is 14.7 Å². The van der Waals surface area contributed by atoms with Gasteiger partial charge >= 0.3 is 0 Å². The number of morpholine rings is 1. The number of rotatable bonds is 2. The summed E-state index contributed by atoms with van der Waals surface area (Å²) in [7, 11) is 0. The molecule has 88 valence electrons. The lowest BCUT2D eigenvalue weighted by molar-refractivity contribution is -0.0212. The monoisotopic (exact) mass is 331 g/mol. The van der Waals surface area contributed by atoms with Gasteiger partial charge in [0.05, 0.1) is 12.7 Å². The first kappa shape index (κ1) is 12.3. The average molecular weight is 331 g/mol. The summed E-state index contributed by atoms with van der Waals surface area (Å²) in [6.07, 6.45) is 0.372. The largest absolute Gasteiger partial charge is 0.376 e. The predicted molar refractivity (Wildman–Crippen MR) is 74.6 cm³/mol. The molecule has 2 rings (SSSR count). The van der Waals surface area contributed by atoms with Crippen molar-refractivity contribution in [3.8, 4) is 0 Å². The van der Waals surface area contributed by atoms with E-state index in [2.05, 4.69) is 59.5 Å². The van der Waals surface area contributed by atoms with Crippen LogP contribution in [-0.2, 0) is 11.3 Å². The Hall–Kier alpha value is -0.130. The lowest BCUT2D eigenvalue weighted by Crippen LogP contribution is -2.40. The highest BCUT2D eigenvalue weighted by molar-refractivity contribution is 14.1. The Labute approximate surface area is 111 Å². The summed E-state index contributed by atoms with van der Waals surface area (Å²) in [6, 6.07) is 6.55. The van der Waals surface area contributed by atoms with Crippen LogP contribution in [0.3, 0.4) is 0 Å². The third kappa shape index (κ3) is 2.96. The SMILES string of the molecule is Cc1cccc(CN2CCOC(C)C2)c1I. The van der Waals surface area contributed by atoms with E-state index in [1.807, 2.05) is 0 Å². The van der Waals surface area contributed by atoms with E-state index in [9.17, 15) is 0 Å². The Kier molecular flexibility index (Phi) is 4.21. The Morgan fingerprint density at radius 3 is 3.06 bits per heavy atom. The van der Waals surface area contributed by atoms with E-state index in [4.69, 9.17) is 4.74 Å². The van der Waals surface area contributed by atoms with Gasteiger partial charge in [-0.2, -0.15) is 0 Å². The van der Waals surface area contributed by atoms with Gasteiger partial charge in [-0.1, -0.05) is 18.2 Å². The molecule has 0 aliphatic carbocycles. The van der Waals surface area contributed by atoms with Crippen LogP contribution in [0.15, 0.2) is 18.2 Å². The summed E-state index contributed by atoms with van der Waals surface area (Å²) in [4.78, 5) is 2.48. The standard InChI is InChI=1S/C13H18INO/c1-10-4-3-5-12(13(10)14)9-15-6-7-16-11(2)8-15/h3-5,11H,6-9H2,1-2H3. The molecule has 1 atom stereocenters. The first-order valence-electron chi connectivity index (χ1n) is 5.75. The van der Waals surface area contributed by atoms with Crippen LogP contribution in [-0.4, -0.2) is 30.7 Å². The van der Waals surface area contributed by atoms with Gasteiger partial charge in [0.1, 0.15) is 0 Å². The molecule has 0 saturated carbocycles. The number of nitrogens with zero attached hydrogens (tertiary/aromatic N) is 1. The second-order valence-electron chi connectivity index (χ2n) is 4.46. The van der Waals surface area contributed by atoms with Gasteiger partial charge in [-0.05, 0) is 47.6 Å². The second-order valence-corrected chi connectivity index (χ2v) is 5.54. The van der Waals surface area contributed by atoms with E-state index in [1.54, 1.807) is 0 Å². The predicted octanol–water partition coefficient (Wildman–Crippen LogP) is 2.82. The molecular weight excluding hydrogens is 313 g/mol. The molecule has 0 bridgehead atoms. The van der Waals surface area contributed by atoms with Crippen molar-refractivity contribution in [2.24, 2.45) is 0 Å². The van der Waals surface area contributed by atoms with Gasteiger partial charge in [-0.3, -0.25) is 4.90 Å². The molecule has 1 unspecified atom stereocenters. The maximum absolute atomic E-state index is 5.56. The van der Waals surface area contributed by atoms with Crippen LogP contribution in [0.5, 0.6) is 0 Å². The second kappa shape index (κ2) is 5.47. The molecule has 3 heteroatoms. The number of benzene rings is 1. The van der Waals surface area contributed by atoms with Crippen LogP contribution >= 0.6 is 22.6 Å². The summed E-state index contributed by atoms with van der Waals surface area (Å²) in [5.74, 6) is 0. The van der Waals surface area contributed by atoms with Crippen LogP contribution < -0.4 is 0 Å². The van der Waals surface area contributed by atoms with Gasteiger partial charge in [-0.25, -0.2) is 0 Å². The summed E-state index contributed by atoms with van der Waals surface area (Å²) in [5.41, 5.74) is 2.81. The molecule has 1 aromatic rings. The summed E-state index contributed by atoms with van der Waals surface area (Å²) < 4.78 is 6.96. The van der Waals surface area contributed by atoms with Crippen molar-refractivity contribution in [3.63, 3.8) is 0 Å². The molecule has 0 aromatic heterocycles. The van der Waals surface area contributed by atoms with Crippen molar-refractivity contribution in [2.75, 3.05) is 19.7 Å². The van der Waals surface area contributed by atoms with E-state index >= 15 is 0 Å². The zero-order valence-corrected chi connectivity index (χ0v) is 12.0. The van der Waals surface area contributed by atoms with Crippen molar-refractivity contribution >= 4 is 22.6 Å². The summed E-state index contributed by atoms with van der Waals surface area (Å²) in [5, 5.41) is 0. The van der Waals surface area contributed by atoms with Crippen LogP contribution in [0.4, 0.5) is 0 Å². The van der Waals surface area contributed by atoms with E-state index < -0.39 is 0 Å². The van der Waals surface area contributed by atoms with Crippen molar-refractivity contribution in [2.45, 2.75) is 26.5 Å². The maximum atomic E-state index is 5.56. The van der Waals surface area contributed by atoms with Gasteiger partial charge in [0.25, 0.3) is 0 Å². The first-order chi connectivity index (χ1) is 7.66. The van der Waals surface area contributed by atoms with Crippen LogP contribution in [0.1, 0.15) is 18.1 Å². The molecule has 1 saturated heterocycles. The van der Waals surface area contributed by atoms with Gasteiger partial charge < -0.3 is 4.74 Å². The molecular formula is C13H18INO. The number of halogens is 1. The summed E-state index contributed by atoms with van der Waals surface area (Å²) >= 11 is 2.45. The van der Waals surface area contributed by atoms with Crippen LogP contribution in [0.2, 0.25) is 0 Å². The Morgan fingerprint density at radius 2 is 2.31 bits per heavy atom. The molecule has 0 radical (unpaired) electrons. The minimum atomic E-state index is 0.372. The molecule has 1 fully saturated rings. The highest BCUT2D eigenvalue weighted by Crippen LogP contribution is 2.19. The fourth-order valence-corrected chi connectivity index (χ4v) is 2.64. The van der Waals surface area contributed by atoms with Crippen molar-refractivity contribution < 1.29 is 4.74 Å². The highest BCUT2D eigenvalue weighted by Gasteiger charge is 2.17. The fraction of sp³-hybridized carbons (Fsp3) is 0.538. The van der Waals surface area contributed by atoms with Crippen molar-refractivity contribution in [3.05, 3.63) is 32.9 Å². The molecule has 16 heavy (non-hydrogen) atoms. The van der Waals surface area contributed by atoms with E-state index in [0.717, 1.165) is 26.2 Å². The Bertz CT molecular complexity index is 367. The fourth-order valence-electron chi connectivity index (χ4n) is 2.11. The minimum Gasteiger partial charge on any atom is -0.376 e. The van der Waals surface area contributed by atoms with Gasteiger partial charge in [-0.15, -0.1) is 0 Å². The topological polar surface area (TPSA) is 12.5 Å². The van der Waals surface area contributed by atoms with Gasteiger partial charge in [0, 0.05) is 23.2 Å². The quantitative estimate of drug-likeness (QED) is 0.773. The number of ether oxygens (including phenoxy) is 1. The van der Waals surface area contributed by atoms with Gasteiger partial charge in [0.15, 0.2) is 0 Å². The molecule has 1 heterocycles. The molecule has 1 aliphatic rings. The lowest BCUT2D eigenvalue weighted by atomic mass is 10.1. The summed E-state index contributed by atoms with van der Waals surface area (Å²) in [6.45, 7) is 8.33. The number of hydrogen-bond acceptors (Lipinski definition) is 2. The van der Waals surface area contributed by atoms with E-state index in [0.29, 0.717) is 6.10 Å². The first-order valence-corrected chi connectivity index (χ1v) is 6.82. The maximum Gasteiger partial charge on any atom is 0.0674 e. The normalized spacial score (nSPS) is 22.3. The van der Waals surface area contributed by atoms with Crippen LogP contribution in [0.25, 0.3) is 0 Å². The van der Waals surface area contributed by atoms with E-state index in [-0.39, 0.29) is 0 Å². The lowest BCUT2D eigenvalue weighted by Gasteiger charge is -2.31. The smallest absolute Gasteiger partial charge is 0.0674 e. The van der Waals surface area contributed by atoms with Crippen molar-refractivity contribution in [1.82, 2.24) is 4.90 Å². The third-order valence-electron chi connectivity index (χ3n) is 2.99. The minimum absolute atomic E-state index is 0.372. The zero-order chi connectivity index (χ0) is 11.5. The van der Waals surface area contributed by atoms with Gasteiger partial charge in [0.2, 0.25) is 0 Å².